The molecular weight excluding hydrogens is 350 g/mol. The van der Waals surface area contributed by atoms with E-state index in [1.165, 1.54) is 0 Å². The molecule has 3 rings (SSSR count). The first-order valence-corrected chi connectivity index (χ1v) is 9.37. The van der Waals surface area contributed by atoms with Crippen molar-refractivity contribution in [2.75, 3.05) is 33.3 Å². The summed E-state index contributed by atoms with van der Waals surface area (Å²) < 4.78 is 7.93. The van der Waals surface area contributed by atoms with Crippen LogP contribution in [0, 0.1) is 5.92 Å². The molecule has 7 heteroatoms. The zero-order valence-electron chi connectivity index (χ0n) is 15.3. The molecule has 2 atom stereocenters. The topological polar surface area (TPSA) is 54.7 Å². The number of piperidine rings is 1. The molecule has 0 bridgehead atoms. The van der Waals surface area contributed by atoms with Gasteiger partial charge < -0.3 is 19.5 Å². The van der Waals surface area contributed by atoms with E-state index in [1.54, 1.807) is 0 Å². The van der Waals surface area contributed by atoms with Crippen molar-refractivity contribution >= 4 is 17.6 Å². The predicted octanol–water partition coefficient (Wildman–Crippen LogP) is 3.07. The number of nitrogens with zero attached hydrogens (tertiary/aromatic N) is 4. The van der Waals surface area contributed by atoms with Crippen molar-refractivity contribution < 1.29 is 4.74 Å². The van der Waals surface area contributed by atoms with E-state index < -0.39 is 0 Å². The smallest absolute Gasteiger partial charge is 0.193 e. The molecule has 26 heavy (non-hydrogen) atoms. The maximum Gasteiger partial charge on any atom is 0.193 e. The van der Waals surface area contributed by atoms with Crippen molar-refractivity contribution in [3.63, 3.8) is 0 Å². The monoisotopic (exact) mass is 375 g/mol. The van der Waals surface area contributed by atoms with Gasteiger partial charge in [0.2, 0.25) is 0 Å². The molecular formula is C19H26ClN5O. The number of benzene rings is 1. The molecule has 1 aromatic heterocycles. The van der Waals surface area contributed by atoms with Gasteiger partial charge in [-0.1, -0.05) is 30.7 Å². The number of aliphatic imine (C=N–C) groups is 1. The molecule has 1 aliphatic heterocycles. The fourth-order valence-electron chi connectivity index (χ4n) is 3.31. The molecule has 2 unspecified atom stereocenters. The first-order valence-electron chi connectivity index (χ1n) is 8.99. The summed E-state index contributed by atoms with van der Waals surface area (Å²) in [4.78, 5) is 10.9. The number of hydrogen-bond donors (Lipinski definition) is 1. The van der Waals surface area contributed by atoms with Crippen LogP contribution in [0.15, 0.2) is 48.0 Å². The molecule has 6 nitrogen and oxygen atoms in total. The van der Waals surface area contributed by atoms with E-state index in [9.17, 15) is 0 Å². The Morgan fingerprint density at radius 2 is 2.27 bits per heavy atom. The fraction of sp³-hybridized carbons (Fsp3) is 0.474. The molecule has 0 saturated carbocycles. The summed E-state index contributed by atoms with van der Waals surface area (Å²) in [5, 5.41) is 4.02. The molecule has 1 aliphatic rings. The van der Waals surface area contributed by atoms with Crippen LogP contribution in [-0.2, 0) is 0 Å². The van der Waals surface area contributed by atoms with Gasteiger partial charge in [0.25, 0.3) is 0 Å². The summed E-state index contributed by atoms with van der Waals surface area (Å²) in [6, 6.07) is 7.92. The number of ether oxygens (including phenoxy) is 1. The normalized spacial score (nSPS) is 20.9. The number of nitrogens with one attached hydrogen (secondary N) is 1. The average molecular weight is 376 g/mol. The van der Waals surface area contributed by atoms with Gasteiger partial charge in [-0.2, -0.15) is 0 Å². The lowest BCUT2D eigenvalue weighted by Crippen LogP contribution is -2.49. The van der Waals surface area contributed by atoms with E-state index in [0.29, 0.717) is 35.9 Å². The van der Waals surface area contributed by atoms with Crippen molar-refractivity contribution in [2.24, 2.45) is 10.9 Å². The lowest BCUT2D eigenvalue weighted by molar-refractivity contribution is 0.188. The second-order valence-electron chi connectivity index (χ2n) is 6.54. The van der Waals surface area contributed by atoms with E-state index >= 15 is 0 Å². The first kappa shape index (κ1) is 18.6. The maximum atomic E-state index is 6.11. The summed E-state index contributed by atoms with van der Waals surface area (Å²) in [5.41, 5.74) is 0. The van der Waals surface area contributed by atoms with Crippen molar-refractivity contribution in [1.82, 2.24) is 19.8 Å². The van der Waals surface area contributed by atoms with Crippen LogP contribution in [0.25, 0.3) is 0 Å². The van der Waals surface area contributed by atoms with Gasteiger partial charge in [0.1, 0.15) is 12.4 Å². The molecule has 1 aromatic carbocycles. The highest BCUT2D eigenvalue weighted by Crippen LogP contribution is 2.27. The Bertz CT molecular complexity index is 718. The second-order valence-corrected chi connectivity index (χ2v) is 6.95. The molecule has 1 N–H and O–H groups in total. The Morgan fingerprint density at radius 3 is 3.00 bits per heavy atom. The molecule has 0 spiro atoms. The van der Waals surface area contributed by atoms with Crippen molar-refractivity contribution in [3.8, 4) is 5.75 Å². The minimum absolute atomic E-state index is 0.407. The number of para-hydroxylation sites is 1. The zero-order chi connectivity index (χ0) is 18.4. The molecule has 1 saturated heterocycles. The third-order valence-electron chi connectivity index (χ3n) is 4.82. The van der Waals surface area contributed by atoms with Crippen molar-refractivity contribution in [3.05, 3.63) is 48.0 Å². The van der Waals surface area contributed by atoms with Gasteiger partial charge in [-0.05, 0) is 24.5 Å². The molecule has 0 amide bonds. The number of aromatic nitrogens is 2. The molecule has 0 aliphatic carbocycles. The minimum Gasteiger partial charge on any atom is -0.490 e. The lowest BCUT2D eigenvalue weighted by Gasteiger charge is -2.39. The summed E-state index contributed by atoms with van der Waals surface area (Å²) >= 11 is 6.11. The van der Waals surface area contributed by atoms with Gasteiger partial charge in [-0.25, -0.2) is 4.98 Å². The van der Waals surface area contributed by atoms with Gasteiger partial charge in [0, 0.05) is 32.5 Å². The summed E-state index contributed by atoms with van der Waals surface area (Å²) in [6.45, 7) is 5.41. The van der Waals surface area contributed by atoms with E-state index in [-0.39, 0.29) is 0 Å². The van der Waals surface area contributed by atoms with Gasteiger partial charge in [-0.3, -0.25) is 4.99 Å². The Balaban J connectivity index is 1.51. The van der Waals surface area contributed by atoms with Crippen LogP contribution in [0.3, 0.4) is 0 Å². The van der Waals surface area contributed by atoms with Crippen LogP contribution < -0.4 is 10.1 Å². The summed E-state index contributed by atoms with van der Waals surface area (Å²) in [5.74, 6) is 2.23. The molecule has 0 radical (unpaired) electrons. The van der Waals surface area contributed by atoms with E-state index in [4.69, 9.17) is 16.3 Å². The van der Waals surface area contributed by atoms with Gasteiger partial charge >= 0.3 is 0 Å². The number of hydrogen-bond acceptors (Lipinski definition) is 3. The SMILES string of the molecule is CN=C(NCCOc1ccccc1Cl)N1CCC(C)C(n2ccnc2)C1. The van der Waals surface area contributed by atoms with Crippen LogP contribution in [-0.4, -0.2) is 53.7 Å². The predicted molar refractivity (Wildman–Crippen MR) is 105 cm³/mol. The number of likely N-dealkylation sites (tertiary alicyclic amines) is 1. The average Bonchev–Trinajstić information content (AvgIpc) is 3.18. The zero-order valence-corrected chi connectivity index (χ0v) is 16.1. The number of guanidine groups is 1. The van der Waals surface area contributed by atoms with Crippen LogP contribution in [0.4, 0.5) is 0 Å². The maximum absolute atomic E-state index is 6.11. The fourth-order valence-corrected chi connectivity index (χ4v) is 3.50. The second kappa shape index (κ2) is 8.94. The lowest BCUT2D eigenvalue weighted by atomic mass is 9.93. The number of rotatable bonds is 5. The third kappa shape index (κ3) is 4.49. The van der Waals surface area contributed by atoms with Gasteiger partial charge in [-0.15, -0.1) is 0 Å². The highest BCUT2D eigenvalue weighted by molar-refractivity contribution is 6.32. The highest BCUT2D eigenvalue weighted by Gasteiger charge is 2.28. The summed E-state index contributed by atoms with van der Waals surface area (Å²) in [6.07, 6.45) is 6.90. The summed E-state index contributed by atoms with van der Waals surface area (Å²) in [7, 11) is 1.82. The number of imidazole rings is 1. The molecule has 2 aromatic rings. The minimum atomic E-state index is 0.407. The largest absolute Gasteiger partial charge is 0.490 e. The standard InChI is InChI=1S/C19H26ClN5O/c1-15-7-10-24(13-17(15)25-11-8-22-14-25)19(21-2)23-9-12-26-18-6-4-3-5-16(18)20/h3-6,8,11,14-15,17H,7,9-10,12-13H2,1-2H3,(H,21,23). The van der Waals surface area contributed by atoms with Crippen LogP contribution in [0.1, 0.15) is 19.4 Å². The van der Waals surface area contributed by atoms with Crippen molar-refractivity contribution in [2.45, 2.75) is 19.4 Å². The Hall–Kier alpha value is -2.21. The Labute approximate surface area is 159 Å². The molecule has 2 heterocycles. The van der Waals surface area contributed by atoms with Crippen LogP contribution in [0.2, 0.25) is 5.02 Å². The third-order valence-corrected chi connectivity index (χ3v) is 5.13. The van der Waals surface area contributed by atoms with Gasteiger partial charge in [0.05, 0.1) is 23.9 Å². The quantitative estimate of drug-likeness (QED) is 0.495. The van der Waals surface area contributed by atoms with Gasteiger partial charge in [0.15, 0.2) is 5.96 Å². The Morgan fingerprint density at radius 1 is 1.42 bits per heavy atom. The van der Waals surface area contributed by atoms with E-state index in [1.807, 2.05) is 50.0 Å². The molecule has 140 valence electrons. The number of halogens is 1. The Kier molecular flexibility index (Phi) is 6.39. The van der Waals surface area contributed by atoms with Crippen LogP contribution >= 0.6 is 11.6 Å². The van der Waals surface area contributed by atoms with Crippen molar-refractivity contribution in [1.29, 1.82) is 0 Å². The highest BCUT2D eigenvalue weighted by atomic mass is 35.5. The molecule has 1 fully saturated rings. The van der Waals surface area contributed by atoms with E-state index in [2.05, 4.69) is 31.7 Å². The van der Waals surface area contributed by atoms with Crippen LogP contribution in [0.5, 0.6) is 5.75 Å². The first-order chi connectivity index (χ1) is 12.7. The van der Waals surface area contributed by atoms with E-state index in [0.717, 1.165) is 25.5 Å².